The minimum absolute atomic E-state index is 0.512. The third kappa shape index (κ3) is 2.70. The molecule has 0 bridgehead atoms. The van der Waals surface area contributed by atoms with E-state index in [-0.39, 0.29) is 0 Å². The Morgan fingerprint density at radius 3 is 2.60 bits per heavy atom. The number of nitrogens with zero attached hydrogens (tertiary/aromatic N) is 1. The van der Waals surface area contributed by atoms with E-state index in [1.807, 2.05) is 24.3 Å². The van der Waals surface area contributed by atoms with Gasteiger partial charge in [-0.25, -0.2) is 4.98 Å². The number of aromatic nitrogens is 1. The molecule has 0 saturated carbocycles. The number of halogens is 2. The second kappa shape index (κ2) is 4.64. The summed E-state index contributed by atoms with van der Waals surface area (Å²) in [5.74, 6) is 1.11. The van der Waals surface area contributed by atoms with E-state index < -0.39 is 0 Å². The Balaban J connectivity index is 2.26. The number of para-hydroxylation sites is 1. The van der Waals surface area contributed by atoms with E-state index in [1.165, 1.54) is 0 Å². The Morgan fingerprint density at radius 2 is 1.87 bits per heavy atom. The van der Waals surface area contributed by atoms with Crippen LogP contribution in [0.3, 0.4) is 0 Å². The summed E-state index contributed by atoms with van der Waals surface area (Å²) in [7, 11) is 0. The van der Waals surface area contributed by atoms with Gasteiger partial charge in [0.2, 0.25) is 5.88 Å². The van der Waals surface area contributed by atoms with Crippen molar-refractivity contribution in [1.29, 1.82) is 0 Å². The maximum atomic E-state index is 5.95. The summed E-state index contributed by atoms with van der Waals surface area (Å²) in [5.41, 5.74) is 0. The second-order valence-corrected chi connectivity index (χ2v) is 4.05. The van der Waals surface area contributed by atoms with Crippen molar-refractivity contribution in [1.82, 2.24) is 4.98 Å². The van der Waals surface area contributed by atoms with Crippen molar-refractivity contribution < 1.29 is 4.74 Å². The van der Waals surface area contributed by atoms with Crippen LogP contribution in [0.2, 0.25) is 5.02 Å². The van der Waals surface area contributed by atoms with Crippen LogP contribution in [0.15, 0.2) is 47.1 Å². The van der Waals surface area contributed by atoms with Gasteiger partial charge in [0.1, 0.15) is 10.4 Å². The molecule has 0 N–H and O–H groups in total. The zero-order valence-corrected chi connectivity index (χ0v) is 9.99. The van der Waals surface area contributed by atoms with Crippen LogP contribution >= 0.6 is 27.5 Å². The Hall–Kier alpha value is -1.06. The lowest BCUT2D eigenvalue weighted by Gasteiger charge is -2.05. The standard InChI is InChI=1S/C11H7BrClNO/c12-10-6-3-7-11(14-10)15-9-5-2-1-4-8(9)13/h1-7H. The fourth-order valence-corrected chi connectivity index (χ4v) is 1.59. The fourth-order valence-electron chi connectivity index (χ4n) is 1.09. The van der Waals surface area contributed by atoms with Gasteiger partial charge >= 0.3 is 0 Å². The van der Waals surface area contributed by atoms with E-state index in [1.54, 1.807) is 18.2 Å². The zero-order chi connectivity index (χ0) is 10.7. The van der Waals surface area contributed by atoms with E-state index in [0.717, 1.165) is 4.60 Å². The molecule has 0 amide bonds. The lowest BCUT2D eigenvalue weighted by atomic mass is 10.3. The number of rotatable bonds is 2. The third-order valence-corrected chi connectivity index (χ3v) is 2.49. The molecule has 1 heterocycles. The molecule has 2 nitrogen and oxygen atoms in total. The number of benzene rings is 1. The maximum Gasteiger partial charge on any atom is 0.220 e. The minimum Gasteiger partial charge on any atom is -0.437 e. The first-order valence-electron chi connectivity index (χ1n) is 4.30. The summed E-state index contributed by atoms with van der Waals surface area (Å²) in [4.78, 5) is 4.15. The third-order valence-electron chi connectivity index (χ3n) is 1.74. The van der Waals surface area contributed by atoms with Crippen molar-refractivity contribution in [2.75, 3.05) is 0 Å². The van der Waals surface area contributed by atoms with Gasteiger partial charge in [-0.05, 0) is 34.1 Å². The molecule has 0 fully saturated rings. The topological polar surface area (TPSA) is 22.1 Å². The molecule has 0 aliphatic carbocycles. The lowest BCUT2D eigenvalue weighted by molar-refractivity contribution is 0.462. The average Bonchev–Trinajstić information content (AvgIpc) is 2.22. The molecule has 4 heteroatoms. The Kier molecular flexibility index (Phi) is 3.23. The molecule has 2 aromatic rings. The van der Waals surface area contributed by atoms with Crippen molar-refractivity contribution in [3.8, 4) is 11.6 Å². The van der Waals surface area contributed by atoms with Crippen LogP contribution in [0.1, 0.15) is 0 Å². The first-order chi connectivity index (χ1) is 7.25. The van der Waals surface area contributed by atoms with Gasteiger partial charge in [0.15, 0.2) is 0 Å². The minimum atomic E-state index is 0.512. The van der Waals surface area contributed by atoms with Crippen molar-refractivity contribution in [2.24, 2.45) is 0 Å². The van der Waals surface area contributed by atoms with Crippen molar-refractivity contribution in [2.45, 2.75) is 0 Å². The van der Waals surface area contributed by atoms with E-state index in [4.69, 9.17) is 16.3 Å². The van der Waals surface area contributed by atoms with Crippen LogP contribution < -0.4 is 4.74 Å². The average molecular weight is 285 g/mol. The van der Waals surface area contributed by atoms with Crippen molar-refractivity contribution in [3.63, 3.8) is 0 Å². The maximum absolute atomic E-state index is 5.95. The number of hydrogen-bond donors (Lipinski definition) is 0. The predicted molar refractivity (Wildman–Crippen MR) is 63.5 cm³/mol. The molecule has 0 unspecified atom stereocenters. The normalized spacial score (nSPS) is 10.0. The highest BCUT2D eigenvalue weighted by molar-refractivity contribution is 9.10. The summed E-state index contributed by atoms with van der Waals surface area (Å²) in [6, 6.07) is 12.7. The molecule has 0 radical (unpaired) electrons. The predicted octanol–water partition coefficient (Wildman–Crippen LogP) is 4.29. The Bertz CT molecular complexity index is 476. The Morgan fingerprint density at radius 1 is 1.07 bits per heavy atom. The van der Waals surface area contributed by atoms with Crippen LogP contribution in [0.5, 0.6) is 11.6 Å². The van der Waals surface area contributed by atoms with E-state index in [2.05, 4.69) is 20.9 Å². The number of pyridine rings is 1. The molecule has 2 rings (SSSR count). The first-order valence-corrected chi connectivity index (χ1v) is 5.48. The van der Waals surface area contributed by atoms with Crippen molar-refractivity contribution in [3.05, 3.63) is 52.1 Å². The molecule has 1 aromatic heterocycles. The summed E-state index contributed by atoms with van der Waals surface area (Å²) < 4.78 is 6.25. The molecule has 0 atom stereocenters. The van der Waals surface area contributed by atoms with Crippen LogP contribution in [-0.4, -0.2) is 4.98 Å². The zero-order valence-electron chi connectivity index (χ0n) is 7.65. The van der Waals surface area contributed by atoms with Gasteiger partial charge in [0.05, 0.1) is 5.02 Å². The monoisotopic (exact) mass is 283 g/mol. The van der Waals surface area contributed by atoms with Crippen LogP contribution in [0.25, 0.3) is 0 Å². The molecule has 15 heavy (non-hydrogen) atoms. The second-order valence-electron chi connectivity index (χ2n) is 2.83. The van der Waals surface area contributed by atoms with Gasteiger partial charge in [-0.15, -0.1) is 0 Å². The summed E-state index contributed by atoms with van der Waals surface area (Å²) in [6.07, 6.45) is 0. The molecular formula is C11H7BrClNO. The summed E-state index contributed by atoms with van der Waals surface area (Å²) in [5, 5.41) is 0.569. The lowest BCUT2D eigenvalue weighted by Crippen LogP contribution is -1.88. The molecule has 0 aliphatic rings. The van der Waals surface area contributed by atoms with E-state index in [0.29, 0.717) is 16.7 Å². The highest BCUT2D eigenvalue weighted by atomic mass is 79.9. The van der Waals surface area contributed by atoms with E-state index in [9.17, 15) is 0 Å². The number of hydrogen-bond acceptors (Lipinski definition) is 2. The van der Waals surface area contributed by atoms with E-state index >= 15 is 0 Å². The summed E-state index contributed by atoms with van der Waals surface area (Å²) in [6.45, 7) is 0. The van der Waals surface area contributed by atoms with Gasteiger partial charge in [-0.2, -0.15) is 0 Å². The highest BCUT2D eigenvalue weighted by Crippen LogP contribution is 2.28. The van der Waals surface area contributed by atoms with Gasteiger partial charge in [-0.1, -0.05) is 29.8 Å². The molecule has 0 aliphatic heterocycles. The summed E-state index contributed by atoms with van der Waals surface area (Å²) >= 11 is 9.22. The molecule has 0 spiro atoms. The van der Waals surface area contributed by atoms with Crippen LogP contribution in [0, 0.1) is 0 Å². The quantitative estimate of drug-likeness (QED) is 0.768. The smallest absolute Gasteiger partial charge is 0.220 e. The molecular weight excluding hydrogens is 277 g/mol. The first kappa shape index (κ1) is 10.5. The fraction of sp³-hybridized carbons (Fsp3) is 0. The van der Waals surface area contributed by atoms with Crippen LogP contribution in [0.4, 0.5) is 0 Å². The van der Waals surface area contributed by atoms with Gasteiger partial charge in [-0.3, -0.25) is 0 Å². The van der Waals surface area contributed by atoms with Crippen LogP contribution in [-0.2, 0) is 0 Å². The van der Waals surface area contributed by atoms with Gasteiger partial charge in [0.25, 0.3) is 0 Å². The van der Waals surface area contributed by atoms with Gasteiger partial charge < -0.3 is 4.74 Å². The van der Waals surface area contributed by atoms with Crippen molar-refractivity contribution >= 4 is 27.5 Å². The molecule has 76 valence electrons. The van der Waals surface area contributed by atoms with Gasteiger partial charge in [0, 0.05) is 6.07 Å². The number of ether oxygens (including phenoxy) is 1. The molecule has 1 aromatic carbocycles. The highest BCUT2D eigenvalue weighted by Gasteiger charge is 2.02. The SMILES string of the molecule is Clc1ccccc1Oc1cccc(Br)n1. The largest absolute Gasteiger partial charge is 0.437 e. The Labute approximate surface area is 101 Å². The molecule has 0 saturated heterocycles.